The number of hydrogen-bond donors (Lipinski definition) is 0. The highest BCUT2D eigenvalue weighted by atomic mass is 35.5. The lowest BCUT2D eigenvalue weighted by molar-refractivity contribution is 1.15. The molecule has 0 aromatic carbocycles. The Labute approximate surface area is 58.1 Å². The molecule has 0 aliphatic heterocycles. The third-order valence-corrected chi connectivity index (χ3v) is 2.02. The average Bonchev–Trinajstić information content (AvgIpc) is 2.14. The second kappa shape index (κ2) is 2.51. The molecule has 0 spiro atoms. The van der Waals surface area contributed by atoms with E-state index in [9.17, 15) is 0 Å². The summed E-state index contributed by atoms with van der Waals surface area (Å²) in [6, 6.07) is 3.01. The predicted octanol–water partition coefficient (Wildman–Crippen LogP) is 2.76. The van der Waals surface area contributed by atoms with Crippen LogP contribution in [0.5, 0.6) is 0 Å². The van der Waals surface area contributed by atoms with Crippen LogP contribution in [0.1, 0.15) is 12.5 Å². The number of halogens is 1. The second-order valence-corrected chi connectivity index (χ2v) is 2.99. The highest BCUT2D eigenvalue weighted by Gasteiger charge is 1.92. The fourth-order valence-corrected chi connectivity index (χ4v) is 1.40. The molecule has 1 heterocycles. The Balaban J connectivity index is 2.84. The van der Waals surface area contributed by atoms with E-state index in [0.717, 1.165) is 10.8 Å². The molecule has 0 saturated heterocycles. The summed E-state index contributed by atoms with van der Waals surface area (Å²) in [5, 5.41) is 2.03. The van der Waals surface area contributed by atoms with Crippen molar-refractivity contribution < 1.29 is 0 Å². The Morgan fingerprint density at radius 1 is 1.88 bits per heavy atom. The minimum atomic E-state index is 0.766. The van der Waals surface area contributed by atoms with Gasteiger partial charge in [-0.3, -0.25) is 0 Å². The lowest BCUT2D eigenvalue weighted by Crippen LogP contribution is -1.67. The maximum absolute atomic E-state index is 5.60. The Hall–Kier alpha value is -0.0100. The quantitative estimate of drug-likeness (QED) is 0.570. The molecule has 8 heavy (non-hydrogen) atoms. The molecule has 0 nitrogen and oxygen atoms in total. The summed E-state index contributed by atoms with van der Waals surface area (Å²) in [5.74, 6) is 0. The van der Waals surface area contributed by atoms with E-state index in [1.54, 1.807) is 0 Å². The van der Waals surface area contributed by atoms with E-state index in [2.05, 4.69) is 13.0 Å². The Bertz CT molecular complexity index is 169. The van der Waals surface area contributed by atoms with Crippen molar-refractivity contribution in [1.29, 1.82) is 0 Å². The summed E-state index contributed by atoms with van der Waals surface area (Å²) in [7, 11) is 0. The molecule has 0 aliphatic rings. The maximum atomic E-state index is 5.60. The topological polar surface area (TPSA) is 0 Å². The first-order chi connectivity index (χ1) is 3.83. The third kappa shape index (κ3) is 1.23. The predicted molar refractivity (Wildman–Crippen MR) is 37.5 cm³/mol. The van der Waals surface area contributed by atoms with E-state index in [-0.39, 0.29) is 0 Å². The van der Waals surface area contributed by atoms with Gasteiger partial charge in [-0.1, -0.05) is 18.5 Å². The number of rotatable bonds is 1. The summed E-state index contributed by atoms with van der Waals surface area (Å²) >= 11 is 7.14. The van der Waals surface area contributed by atoms with Crippen molar-refractivity contribution in [2.75, 3.05) is 0 Å². The van der Waals surface area contributed by atoms with E-state index in [1.165, 1.54) is 16.9 Å². The van der Waals surface area contributed by atoms with Crippen LogP contribution in [0.25, 0.3) is 0 Å². The van der Waals surface area contributed by atoms with Gasteiger partial charge in [0.2, 0.25) is 0 Å². The molecule has 0 bridgehead atoms. The van der Waals surface area contributed by atoms with Crippen LogP contribution < -0.4 is 0 Å². The van der Waals surface area contributed by atoms with Crippen LogP contribution in [0, 0.1) is 6.07 Å². The van der Waals surface area contributed by atoms with Crippen LogP contribution in [0.4, 0.5) is 0 Å². The molecule has 0 fully saturated rings. The molecular formula is C6H6ClS. The molecule has 0 unspecified atom stereocenters. The van der Waals surface area contributed by atoms with Gasteiger partial charge in [0.1, 0.15) is 4.34 Å². The Morgan fingerprint density at radius 3 is 2.88 bits per heavy atom. The molecule has 1 aromatic rings. The van der Waals surface area contributed by atoms with Crippen molar-refractivity contribution in [2.45, 2.75) is 13.3 Å². The van der Waals surface area contributed by atoms with Gasteiger partial charge in [0.15, 0.2) is 0 Å². The van der Waals surface area contributed by atoms with Gasteiger partial charge in [0.05, 0.1) is 0 Å². The average molecular weight is 146 g/mol. The molecule has 2 heteroatoms. The summed E-state index contributed by atoms with van der Waals surface area (Å²) in [6.45, 7) is 2.09. The van der Waals surface area contributed by atoms with Crippen molar-refractivity contribution in [3.05, 3.63) is 21.3 Å². The van der Waals surface area contributed by atoms with Crippen molar-refractivity contribution in [3.8, 4) is 0 Å². The second-order valence-electron chi connectivity index (χ2n) is 1.51. The molecule has 0 atom stereocenters. The van der Waals surface area contributed by atoms with Gasteiger partial charge in [0, 0.05) is 6.07 Å². The van der Waals surface area contributed by atoms with Gasteiger partial charge in [-0.05, 0) is 17.4 Å². The van der Waals surface area contributed by atoms with E-state index in [0.29, 0.717) is 0 Å². The first kappa shape index (κ1) is 6.12. The van der Waals surface area contributed by atoms with Gasteiger partial charge >= 0.3 is 0 Å². The van der Waals surface area contributed by atoms with Crippen LogP contribution in [-0.2, 0) is 6.42 Å². The molecule has 1 rings (SSSR count). The summed E-state index contributed by atoms with van der Waals surface area (Å²) in [5.41, 5.74) is 1.21. The van der Waals surface area contributed by atoms with Crippen LogP contribution >= 0.6 is 22.9 Å². The molecule has 1 radical (unpaired) electrons. The lowest BCUT2D eigenvalue weighted by Gasteiger charge is -1.78. The van der Waals surface area contributed by atoms with Gasteiger partial charge in [0.25, 0.3) is 0 Å². The van der Waals surface area contributed by atoms with Crippen LogP contribution in [0.3, 0.4) is 0 Å². The molecule has 0 saturated carbocycles. The van der Waals surface area contributed by atoms with Crippen molar-refractivity contribution in [1.82, 2.24) is 0 Å². The van der Waals surface area contributed by atoms with Crippen molar-refractivity contribution in [2.24, 2.45) is 0 Å². The van der Waals surface area contributed by atoms with E-state index < -0.39 is 0 Å². The van der Waals surface area contributed by atoms with E-state index >= 15 is 0 Å². The molecule has 0 N–H and O–H groups in total. The normalized spacial score (nSPS) is 9.75. The van der Waals surface area contributed by atoms with Gasteiger partial charge < -0.3 is 0 Å². The summed E-state index contributed by atoms with van der Waals surface area (Å²) in [6.07, 6.45) is 1.03. The smallest absolute Gasteiger partial charge is 0.101 e. The van der Waals surface area contributed by atoms with Gasteiger partial charge in [-0.25, -0.2) is 0 Å². The zero-order valence-electron chi connectivity index (χ0n) is 4.57. The van der Waals surface area contributed by atoms with Gasteiger partial charge in [-0.2, -0.15) is 0 Å². The summed E-state index contributed by atoms with van der Waals surface area (Å²) < 4.78 is 0.766. The fraction of sp³-hybridized carbons (Fsp3) is 0.333. The summed E-state index contributed by atoms with van der Waals surface area (Å²) in [4.78, 5) is 0. The minimum Gasteiger partial charge on any atom is -0.131 e. The van der Waals surface area contributed by atoms with Gasteiger partial charge in [-0.15, -0.1) is 11.3 Å². The first-order valence-corrected chi connectivity index (χ1v) is 3.74. The highest BCUT2D eigenvalue weighted by Crippen LogP contribution is 2.18. The maximum Gasteiger partial charge on any atom is 0.101 e. The van der Waals surface area contributed by atoms with Crippen LogP contribution in [0.2, 0.25) is 4.34 Å². The zero-order valence-corrected chi connectivity index (χ0v) is 6.14. The molecule has 0 amide bonds. The number of thiophene rings is 1. The SMILES string of the molecule is CCc1[c]c(Cl)sc1. The third-order valence-electron chi connectivity index (χ3n) is 0.944. The first-order valence-electron chi connectivity index (χ1n) is 2.48. The molecule has 1 aromatic heterocycles. The fourth-order valence-electron chi connectivity index (χ4n) is 0.480. The largest absolute Gasteiger partial charge is 0.131 e. The zero-order chi connectivity index (χ0) is 5.98. The van der Waals surface area contributed by atoms with E-state index in [4.69, 9.17) is 11.6 Å². The number of aryl methyl sites for hydroxylation is 1. The lowest BCUT2D eigenvalue weighted by atomic mass is 10.3. The number of hydrogen-bond acceptors (Lipinski definition) is 1. The molecule has 43 valence electrons. The monoisotopic (exact) mass is 145 g/mol. The van der Waals surface area contributed by atoms with Crippen molar-refractivity contribution >= 4 is 22.9 Å². The highest BCUT2D eigenvalue weighted by molar-refractivity contribution is 7.14. The molecular weight excluding hydrogens is 140 g/mol. The Kier molecular flexibility index (Phi) is 1.92. The van der Waals surface area contributed by atoms with Crippen LogP contribution in [-0.4, -0.2) is 0 Å². The Morgan fingerprint density at radius 2 is 2.62 bits per heavy atom. The minimum absolute atomic E-state index is 0.766. The standard InChI is InChI=1S/C6H6ClS/c1-2-5-3-6(7)8-4-5/h4H,2H2,1H3. The molecule has 0 aliphatic carbocycles. The van der Waals surface area contributed by atoms with Crippen LogP contribution in [0.15, 0.2) is 5.38 Å². The van der Waals surface area contributed by atoms with Crippen molar-refractivity contribution in [3.63, 3.8) is 0 Å². The van der Waals surface area contributed by atoms with E-state index in [1.807, 2.05) is 5.38 Å².